The van der Waals surface area contributed by atoms with Crippen LogP contribution in [0.3, 0.4) is 0 Å². The summed E-state index contributed by atoms with van der Waals surface area (Å²) in [6.07, 6.45) is 8.18. The number of hydrogen-bond acceptors (Lipinski definition) is 6. The number of piperidine rings is 1. The molecule has 0 spiro atoms. The molecule has 7 heteroatoms. The normalized spacial score (nSPS) is 17.0. The highest BCUT2D eigenvalue weighted by atomic mass is 32.1. The molecule has 6 nitrogen and oxygen atoms in total. The molecule has 0 saturated carbocycles. The van der Waals surface area contributed by atoms with Gasteiger partial charge in [0, 0.05) is 37.6 Å². The molecule has 3 heterocycles. The zero-order valence-corrected chi connectivity index (χ0v) is 16.9. The zero-order valence-electron chi connectivity index (χ0n) is 16.1. The lowest BCUT2D eigenvalue weighted by molar-refractivity contribution is 0.0945. The number of rotatable bonds is 6. The lowest BCUT2D eigenvalue weighted by Crippen LogP contribution is -2.41. The second-order valence-electron chi connectivity index (χ2n) is 7.34. The highest BCUT2D eigenvalue weighted by Crippen LogP contribution is 2.21. The lowest BCUT2D eigenvalue weighted by Gasteiger charge is -2.32. The number of anilines is 1. The van der Waals surface area contributed by atoms with Crippen LogP contribution in [0.25, 0.3) is 10.2 Å². The van der Waals surface area contributed by atoms with Gasteiger partial charge in [-0.05, 0) is 48.9 Å². The molecule has 1 aliphatic rings. The van der Waals surface area contributed by atoms with Gasteiger partial charge in [-0.1, -0.05) is 13.3 Å². The lowest BCUT2D eigenvalue weighted by atomic mass is 9.98. The summed E-state index contributed by atoms with van der Waals surface area (Å²) in [5.74, 6) is 1.16. The molecule has 1 saturated heterocycles. The first-order valence-electron chi connectivity index (χ1n) is 9.90. The Morgan fingerprint density at radius 2 is 2.14 bits per heavy atom. The number of aromatic nitrogens is 3. The number of nitrogens with one attached hydrogen (secondary N) is 1. The Morgan fingerprint density at radius 3 is 2.96 bits per heavy atom. The van der Waals surface area contributed by atoms with Crippen LogP contribution >= 0.6 is 11.3 Å². The van der Waals surface area contributed by atoms with E-state index in [1.54, 1.807) is 16.8 Å². The third-order valence-electron chi connectivity index (χ3n) is 5.18. The molecule has 1 aliphatic heterocycles. The maximum absolute atomic E-state index is 12.5. The van der Waals surface area contributed by atoms with Crippen LogP contribution < -0.4 is 10.2 Å². The van der Waals surface area contributed by atoms with Gasteiger partial charge in [-0.3, -0.25) is 4.79 Å². The molecule has 1 atom stereocenters. The Balaban J connectivity index is 1.33. The predicted octanol–water partition coefficient (Wildman–Crippen LogP) is 3.69. The fourth-order valence-corrected chi connectivity index (χ4v) is 4.34. The van der Waals surface area contributed by atoms with Crippen molar-refractivity contribution in [1.82, 2.24) is 20.3 Å². The highest BCUT2D eigenvalue weighted by Gasteiger charge is 2.22. The highest BCUT2D eigenvalue weighted by molar-refractivity contribution is 7.16. The third kappa shape index (κ3) is 4.30. The molecule has 4 rings (SSSR count). The second-order valence-corrected chi connectivity index (χ2v) is 8.23. The number of thiazole rings is 1. The van der Waals surface area contributed by atoms with E-state index in [-0.39, 0.29) is 5.91 Å². The van der Waals surface area contributed by atoms with Crippen molar-refractivity contribution < 1.29 is 4.79 Å². The molecule has 28 heavy (non-hydrogen) atoms. The summed E-state index contributed by atoms with van der Waals surface area (Å²) < 4.78 is 1.10. The number of nitrogens with zero attached hydrogens (tertiary/aromatic N) is 4. The molecule has 1 amide bonds. The SMILES string of the molecule is CCCc1cnc(N2CCCC(CNC(=O)c3ccc4scnc4c3)C2)nc1. The Labute approximate surface area is 169 Å². The maximum atomic E-state index is 12.5. The van der Waals surface area contributed by atoms with E-state index in [0.717, 1.165) is 54.9 Å². The Morgan fingerprint density at radius 1 is 1.29 bits per heavy atom. The first-order valence-corrected chi connectivity index (χ1v) is 10.8. The molecule has 1 unspecified atom stereocenters. The van der Waals surface area contributed by atoms with Gasteiger partial charge in [-0.2, -0.15) is 0 Å². The van der Waals surface area contributed by atoms with Gasteiger partial charge in [0.2, 0.25) is 5.95 Å². The van der Waals surface area contributed by atoms with Crippen LogP contribution in [0, 0.1) is 5.92 Å². The third-order valence-corrected chi connectivity index (χ3v) is 5.99. The molecule has 1 N–H and O–H groups in total. The van der Waals surface area contributed by atoms with Crippen molar-refractivity contribution in [3.05, 3.63) is 47.2 Å². The van der Waals surface area contributed by atoms with Gasteiger partial charge in [-0.15, -0.1) is 11.3 Å². The summed E-state index contributed by atoms with van der Waals surface area (Å²) in [6, 6.07) is 5.69. The standard InChI is InChI=1S/C21H25N5OS/c1-2-4-15-10-23-21(24-11-15)26-8-3-5-16(13-26)12-22-20(27)17-6-7-19-18(9-17)25-14-28-19/h6-7,9-11,14,16H,2-5,8,12-13H2,1H3,(H,22,27). The van der Waals surface area contributed by atoms with Crippen LogP contribution in [-0.2, 0) is 6.42 Å². The van der Waals surface area contributed by atoms with E-state index in [0.29, 0.717) is 18.0 Å². The predicted molar refractivity (Wildman–Crippen MR) is 113 cm³/mol. The molecule has 0 bridgehead atoms. The number of fused-ring (bicyclic) bond motifs is 1. The Bertz CT molecular complexity index is 939. The van der Waals surface area contributed by atoms with Gasteiger partial charge < -0.3 is 10.2 Å². The molecule has 146 valence electrons. The zero-order chi connectivity index (χ0) is 19.3. The van der Waals surface area contributed by atoms with Gasteiger partial charge in [0.15, 0.2) is 0 Å². The van der Waals surface area contributed by atoms with E-state index in [1.807, 2.05) is 30.6 Å². The van der Waals surface area contributed by atoms with E-state index in [4.69, 9.17) is 0 Å². The van der Waals surface area contributed by atoms with E-state index in [9.17, 15) is 4.79 Å². The van der Waals surface area contributed by atoms with Crippen LogP contribution in [0.2, 0.25) is 0 Å². The number of carbonyl (C=O) groups is 1. The van der Waals surface area contributed by atoms with Crippen LogP contribution in [0.4, 0.5) is 5.95 Å². The van der Waals surface area contributed by atoms with Crippen LogP contribution in [0.15, 0.2) is 36.1 Å². The summed E-state index contributed by atoms with van der Waals surface area (Å²) in [5.41, 5.74) is 4.54. The number of hydrogen-bond donors (Lipinski definition) is 1. The van der Waals surface area contributed by atoms with E-state index < -0.39 is 0 Å². The molecule has 0 aliphatic carbocycles. The first kappa shape index (κ1) is 18.8. The minimum Gasteiger partial charge on any atom is -0.352 e. The van der Waals surface area contributed by atoms with Crippen molar-refractivity contribution in [2.75, 3.05) is 24.5 Å². The van der Waals surface area contributed by atoms with E-state index in [2.05, 4.69) is 32.1 Å². The van der Waals surface area contributed by atoms with Gasteiger partial charge >= 0.3 is 0 Å². The summed E-state index contributed by atoms with van der Waals surface area (Å²) in [6.45, 7) is 4.67. The van der Waals surface area contributed by atoms with Crippen molar-refractivity contribution in [2.24, 2.45) is 5.92 Å². The number of benzene rings is 1. The maximum Gasteiger partial charge on any atom is 0.251 e. The largest absolute Gasteiger partial charge is 0.352 e. The quantitative estimate of drug-likeness (QED) is 0.689. The molecular formula is C21H25N5OS. The average molecular weight is 396 g/mol. The van der Waals surface area contributed by atoms with Crippen molar-refractivity contribution >= 4 is 33.4 Å². The topological polar surface area (TPSA) is 71.0 Å². The van der Waals surface area contributed by atoms with Crippen molar-refractivity contribution in [2.45, 2.75) is 32.6 Å². The molecule has 2 aromatic heterocycles. The Kier molecular flexibility index (Phi) is 5.81. The average Bonchev–Trinajstić information content (AvgIpc) is 3.21. The van der Waals surface area contributed by atoms with Crippen LogP contribution in [0.1, 0.15) is 42.1 Å². The number of amides is 1. The first-order chi connectivity index (χ1) is 13.7. The molecule has 1 fully saturated rings. The summed E-state index contributed by atoms with van der Waals surface area (Å²) >= 11 is 1.59. The minimum absolute atomic E-state index is 0.0350. The van der Waals surface area contributed by atoms with Crippen molar-refractivity contribution in [1.29, 1.82) is 0 Å². The van der Waals surface area contributed by atoms with Crippen LogP contribution in [-0.4, -0.2) is 40.5 Å². The van der Waals surface area contributed by atoms with Gasteiger partial charge in [0.05, 0.1) is 15.7 Å². The molecule has 0 radical (unpaired) electrons. The molecule has 3 aromatic rings. The van der Waals surface area contributed by atoms with Gasteiger partial charge in [0.25, 0.3) is 5.91 Å². The van der Waals surface area contributed by atoms with Gasteiger partial charge in [-0.25, -0.2) is 15.0 Å². The smallest absolute Gasteiger partial charge is 0.251 e. The van der Waals surface area contributed by atoms with E-state index in [1.165, 1.54) is 5.56 Å². The molecular weight excluding hydrogens is 370 g/mol. The summed E-state index contributed by atoms with van der Waals surface area (Å²) in [5, 5.41) is 3.09. The second kappa shape index (κ2) is 8.65. The fraction of sp³-hybridized carbons (Fsp3) is 0.429. The molecule has 1 aromatic carbocycles. The Hall–Kier alpha value is -2.54. The minimum atomic E-state index is -0.0350. The van der Waals surface area contributed by atoms with Gasteiger partial charge in [0.1, 0.15) is 0 Å². The number of aryl methyl sites for hydroxylation is 1. The van der Waals surface area contributed by atoms with E-state index >= 15 is 0 Å². The van der Waals surface area contributed by atoms with Crippen LogP contribution in [0.5, 0.6) is 0 Å². The van der Waals surface area contributed by atoms with Crippen molar-refractivity contribution in [3.63, 3.8) is 0 Å². The summed E-state index contributed by atoms with van der Waals surface area (Å²) in [4.78, 5) is 28.1. The fourth-order valence-electron chi connectivity index (χ4n) is 3.68. The van der Waals surface area contributed by atoms with Crippen molar-refractivity contribution in [3.8, 4) is 0 Å². The summed E-state index contributed by atoms with van der Waals surface area (Å²) in [7, 11) is 0. The number of carbonyl (C=O) groups excluding carboxylic acids is 1. The monoisotopic (exact) mass is 395 g/mol.